The summed E-state index contributed by atoms with van der Waals surface area (Å²) in [5.74, 6) is 0.963. The molecular weight excluding hydrogens is 228 g/mol. The molecule has 0 aliphatic carbocycles. The second-order valence-electron chi connectivity index (χ2n) is 4.62. The fourth-order valence-electron chi connectivity index (χ4n) is 1.61. The summed E-state index contributed by atoms with van der Waals surface area (Å²) >= 11 is 0. The van der Waals surface area contributed by atoms with Crippen LogP contribution in [0.15, 0.2) is 29.4 Å². The van der Waals surface area contributed by atoms with E-state index in [2.05, 4.69) is 24.4 Å². The average Bonchev–Trinajstić information content (AvgIpc) is 2.35. The molecule has 98 valence electrons. The standard InChI is InChI=1S/C14H20N2O2/c1-10(2)8-11(3)15-16-14(17)12-6-5-7-13(9-12)18-4/h5-7,9-10H,8H2,1-4H3,(H,16,17). The predicted molar refractivity (Wildman–Crippen MR) is 73.0 cm³/mol. The second kappa shape index (κ2) is 6.79. The molecule has 0 fully saturated rings. The van der Waals surface area contributed by atoms with Crippen molar-refractivity contribution >= 4 is 11.6 Å². The van der Waals surface area contributed by atoms with E-state index in [1.807, 2.05) is 6.92 Å². The predicted octanol–water partition coefficient (Wildman–Crippen LogP) is 2.85. The van der Waals surface area contributed by atoms with E-state index in [1.54, 1.807) is 31.4 Å². The summed E-state index contributed by atoms with van der Waals surface area (Å²) in [6, 6.07) is 6.98. The van der Waals surface area contributed by atoms with Gasteiger partial charge in [-0.1, -0.05) is 19.9 Å². The topological polar surface area (TPSA) is 50.7 Å². The molecule has 1 aromatic rings. The highest BCUT2D eigenvalue weighted by atomic mass is 16.5. The van der Waals surface area contributed by atoms with Crippen molar-refractivity contribution in [3.05, 3.63) is 29.8 Å². The van der Waals surface area contributed by atoms with E-state index >= 15 is 0 Å². The quantitative estimate of drug-likeness (QED) is 0.643. The van der Waals surface area contributed by atoms with Gasteiger partial charge in [0.05, 0.1) is 7.11 Å². The van der Waals surface area contributed by atoms with Crippen LogP contribution in [-0.4, -0.2) is 18.7 Å². The third-order valence-electron chi connectivity index (χ3n) is 2.38. The Bertz CT molecular complexity index is 439. The van der Waals surface area contributed by atoms with Gasteiger partial charge >= 0.3 is 0 Å². The molecule has 0 aliphatic heterocycles. The first-order chi connectivity index (χ1) is 8.52. The number of amides is 1. The number of benzene rings is 1. The third-order valence-corrected chi connectivity index (χ3v) is 2.38. The molecule has 4 nitrogen and oxygen atoms in total. The lowest BCUT2D eigenvalue weighted by atomic mass is 10.1. The Balaban J connectivity index is 2.65. The Morgan fingerprint density at radius 2 is 2.17 bits per heavy atom. The van der Waals surface area contributed by atoms with E-state index in [-0.39, 0.29) is 5.91 Å². The Hall–Kier alpha value is -1.84. The number of ether oxygens (including phenoxy) is 1. The van der Waals surface area contributed by atoms with Gasteiger partial charge in [-0.25, -0.2) is 5.43 Å². The molecule has 1 amide bonds. The molecular formula is C14H20N2O2. The number of hydrogen-bond acceptors (Lipinski definition) is 3. The molecule has 4 heteroatoms. The highest BCUT2D eigenvalue weighted by Gasteiger charge is 2.05. The zero-order valence-electron chi connectivity index (χ0n) is 11.4. The van der Waals surface area contributed by atoms with Crippen LogP contribution >= 0.6 is 0 Å². The van der Waals surface area contributed by atoms with Gasteiger partial charge in [-0.05, 0) is 37.5 Å². The molecule has 0 unspecified atom stereocenters. The van der Waals surface area contributed by atoms with E-state index < -0.39 is 0 Å². The summed E-state index contributed by atoms with van der Waals surface area (Å²) in [4.78, 5) is 11.8. The summed E-state index contributed by atoms with van der Waals surface area (Å²) in [6.07, 6.45) is 0.873. The first kappa shape index (κ1) is 14.2. The van der Waals surface area contributed by atoms with Crippen molar-refractivity contribution in [2.45, 2.75) is 27.2 Å². The maximum atomic E-state index is 11.8. The van der Waals surface area contributed by atoms with E-state index in [0.29, 0.717) is 17.2 Å². The minimum absolute atomic E-state index is 0.225. The summed E-state index contributed by atoms with van der Waals surface area (Å²) in [7, 11) is 1.57. The zero-order valence-corrected chi connectivity index (χ0v) is 11.4. The van der Waals surface area contributed by atoms with Gasteiger partial charge in [0.1, 0.15) is 5.75 Å². The SMILES string of the molecule is COc1cccc(C(=O)NN=C(C)CC(C)C)c1. The first-order valence-electron chi connectivity index (χ1n) is 6.00. The number of methoxy groups -OCH3 is 1. The van der Waals surface area contributed by atoms with Crippen LogP contribution < -0.4 is 10.2 Å². The van der Waals surface area contributed by atoms with E-state index in [1.165, 1.54) is 0 Å². The molecule has 0 atom stereocenters. The molecule has 1 N–H and O–H groups in total. The second-order valence-corrected chi connectivity index (χ2v) is 4.62. The monoisotopic (exact) mass is 248 g/mol. The fourth-order valence-corrected chi connectivity index (χ4v) is 1.61. The molecule has 0 spiro atoms. The zero-order chi connectivity index (χ0) is 13.5. The number of carbonyl (C=O) groups excluding carboxylic acids is 1. The van der Waals surface area contributed by atoms with Gasteiger partial charge in [-0.3, -0.25) is 4.79 Å². The normalized spacial score (nSPS) is 11.5. The van der Waals surface area contributed by atoms with Gasteiger partial charge in [0.25, 0.3) is 5.91 Å². The first-order valence-corrected chi connectivity index (χ1v) is 6.00. The van der Waals surface area contributed by atoms with Gasteiger partial charge in [-0.2, -0.15) is 5.10 Å². The minimum Gasteiger partial charge on any atom is -0.497 e. The lowest BCUT2D eigenvalue weighted by Crippen LogP contribution is -2.19. The molecule has 0 saturated carbocycles. The molecule has 0 aromatic heterocycles. The molecule has 18 heavy (non-hydrogen) atoms. The van der Waals surface area contributed by atoms with Crippen molar-refractivity contribution in [1.29, 1.82) is 0 Å². The molecule has 0 saturated heterocycles. The van der Waals surface area contributed by atoms with Crippen molar-refractivity contribution < 1.29 is 9.53 Å². The molecule has 0 aliphatic rings. The highest BCUT2D eigenvalue weighted by Crippen LogP contribution is 2.12. The third kappa shape index (κ3) is 4.57. The molecule has 0 radical (unpaired) electrons. The maximum absolute atomic E-state index is 11.8. The van der Waals surface area contributed by atoms with Crippen molar-refractivity contribution in [2.75, 3.05) is 7.11 Å². The van der Waals surface area contributed by atoms with Gasteiger partial charge in [0.15, 0.2) is 0 Å². The van der Waals surface area contributed by atoms with Gasteiger partial charge in [0, 0.05) is 11.3 Å². The number of nitrogens with one attached hydrogen (secondary N) is 1. The highest BCUT2D eigenvalue weighted by molar-refractivity contribution is 5.95. The Morgan fingerprint density at radius 3 is 2.78 bits per heavy atom. The van der Waals surface area contributed by atoms with Crippen molar-refractivity contribution in [3.63, 3.8) is 0 Å². The van der Waals surface area contributed by atoms with Gasteiger partial charge < -0.3 is 4.74 Å². The number of nitrogens with zero attached hydrogens (tertiary/aromatic N) is 1. The summed E-state index contributed by atoms with van der Waals surface area (Å²) < 4.78 is 5.07. The molecule has 0 bridgehead atoms. The number of hydrogen-bond donors (Lipinski definition) is 1. The van der Waals surface area contributed by atoms with Crippen molar-refractivity contribution in [2.24, 2.45) is 11.0 Å². The number of rotatable bonds is 5. The number of carbonyl (C=O) groups is 1. The van der Waals surface area contributed by atoms with Gasteiger partial charge in [-0.15, -0.1) is 0 Å². The Morgan fingerprint density at radius 1 is 1.44 bits per heavy atom. The number of hydrazone groups is 1. The Kier molecular flexibility index (Phi) is 5.36. The van der Waals surface area contributed by atoms with Gasteiger partial charge in [0.2, 0.25) is 0 Å². The van der Waals surface area contributed by atoms with E-state index in [9.17, 15) is 4.79 Å². The van der Waals surface area contributed by atoms with Crippen LogP contribution in [0.5, 0.6) is 5.75 Å². The molecule has 1 rings (SSSR count). The lowest BCUT2D eigenvalue weighted by Gasteiger charge is -2.06. The van der Waals surface area contributed by atoms with Crippen LogP contribution in [0.1, 0.15) is 37.6 Å². The maximum Gasteiger partial charge on any atom is 0.271 e. The Labute approximate surface area is 108 Å². The van der Waals surface area contributed by atoms with Crippen LogP contribution in [0.3, 0.4) is 0 Å². The van der Waals surface area contributed by atoms with Crippen molar-refractivity contribution in [1.82, 2.24) is 5.43 Å². The van der Waals surface area contributed by atoms with Crippen LogP contribution in [0.2, 0.25) is 0 Å². The average molecular weight is 248 g/mol. The molecule has 1 aromatic carbocycles. The smallest absolute Gasteiger partial charge is 0.271 e. The fraction of sp³-hybridized carbons (Fsp3) is 0.429. The van der Waals surface area contributed by atoms with Crippen molar-refractivity contribution in [3.8, 4) is 5.75 Å². The summed E-state index contributed by atoms with van der Waals surface area (Å²) in [6.45, 7) is 6.14. The molecule has 0 heterocycles. The summed E-state index contributed by atoms with van der Waals surface area (Å²) in [5.41, 5.74) is 4.00. The van der Waals surface area contributed by atoms with E-state index in [4.69, 9.17) is 4.74 Å². The lowest BCUT2D eigenvalue weighted by molar-refractivity contribution is 0.0954. The summed E-state index contributed by atoms with van der Waals surface area (Å²) in [5, 5.41) is 4.07. The van der Waals surface area contributed by atoms with Crippen LogP contribution in [0.25, 0.3) is 0 Å². The van der Waals surface area contributed by atoms with Crippen LogP contribution in [0, 0.1) is 5.92 Å². The largest absolute Gasteiger partial charge is 0.497 e. The van der Waals surface area contributed by atoms with Crippen LogP contribution in [-0.2, 0) is 0 Å². The van der Waals surface area contributed by atoms with E-state index in [0.717, 1.165) is 12.1 Å². The minimum atomic E-state index is -0.225. The van der Waals surface area contributed by atoms with Crippen LogP contribution in [0.4, 0.5) is 0 Å².